The standard InChI is InChI=1S/C17H15N3O5S/c1-10(12-3-2-6-22-12)18-15(21)8-26-17-20-19-16(25-17)11-4-5-13-14(7-11)24-9-23-13/h2-7,10H,8-9H2,1H3,(H,18,21)/t10-/m1/s1. The second-order valence-electron chi connectivity index (χ2n) is 5.53. The van der Waals surface area contributed by atoms with Crippen LogP contribution in [0.25, 0.3) is 11.5 Å². The van der Waals surface area contributed by atoms with E-state index < -0.39 is 0 Å². The van der Waals surface area contributed by atoms with Crippen molar-refractivity contribution in [3.63, 3.8) is 0 Å². The Kier molecular flexibility index (Phi) is 4.53. The molecule has 0 radical (unpaired) electrons. The summed E-state index contributed by atoms with van der Waals surface area (Å²) in [5.41, 5.74) is 0.726. The average molecular weight is 373 g/mol. The van der Waals surface area contributed by atoms with Crippen molar-refractivity contribution in [1.82, 2.24) is 15.5 Å². The molecule has 1 atom stereocenters. The number of hydrogen-bond donors (Lipinski definition) is 1. The van der Waals surface area contributed by atoms with Gasteiger partial charge in [0.25, 0.3) is 5.22 Å². The van der Waals surface area contributed by atoms with Crippen LogP contribution in [0.5, 0.6) is 11.5 Å². The first-order valence-corrected chi connectivity index (χ1v) is 8.87. The molecule has 8 nitrogen and oxygen atoms in total. The molecule has 0 saturated carbocycles. The first kappa shape index (κ1) is 16.5. The second-order valence-corrected chi connectivity index (χ2v) is 6.46. The van der Waals surface area contributed by atoms with Crippen molar-refractivity contribution in [2.24, 2.45) is 0 Å². The van der Waals surface area contributed by atoms with Crippen molar-refractivity contribution in [2.75, 3.05) is 12.5 Å². The summed E-state index contributed by atoms with van der Waals surface area (Å²) in [6, 6.07) is 8.77. The van der Waals surface area contributed by atoms with E-state index in [2.05, 4.69) is 15.5 Å². The van der Waals surface area contributed by atoms with Crippen molar-refractivity contribution in [3.05, 3.63) is 42.4 Å². The normalized spacial score (nSPS) is 13.6. The Balaban J connectivity index is 1.34. The predicted octanol–water partition coefficient (Wildman–Crippen LogP) is 3.03. The number of aromatic nitrogens is 2. The zero-order valence-electron chi connectivity index (χ0n) is 13.8. The Bertz CT molecular complexity index is 909. The lowest BCUT2D eigenvalue weighted by Gasteiger charge is -2.10. The highest BCUT2D eigenvalue weighted by molar-refractivity contribution is 7.99. The molecule has 2 aromatic heterocycles. The summed E-state index contributed by atoms with van der Waals surface area (Å²) in [7, 11) is 0. The third kappa shape index (κ3) is 3.52. The quantitative estimate of drug-likeness (QED) is 0.658. The first-order chi connectivity index (χ1) is 12.7. The molecule has 0 bridgehead atoms. The summed E-state index contributed by atoms with van der Waals surface area (Å²) in [6.45, 7) is 2.06. The van der Waals surface area contributed by atoms with Crippen LogP contribution in [0.2, 0.25) is 0 Å². The molecule has 0 fully saturated rings. The van der Waals surface area contributed by atoms with Crippen molar-refractivity contribution in [3.8, 4) is 23.0 Å². The molecule has 134 valence electrons. The van der Waals surface area contributed by atoms with Crippen LogP contribution in [0, 0.1) is 0 Å². The number of carbonyl (C=O) groups is 1. The van der Waals surface area contributed by atoms with Crippen LogP contribution >= 0.6 is 11.8 Å². The minimum absolute atomic E-state index is 0.151. The lowest BCUT2D eigenvalue weighted by Crippen LogP contribution is -2.27. The van der Waals surface area contributed by atoms with Crippen molar-refractivity contribution in [2.45, 2.75) is 18.2 Å². The number of benzene rings is 1. The van der Waals surface area contributed by atoms with Gasteiger partial charge in [-0.25, -0.2) is 0 Å². The maximum atomic E-state index is 12.0. The largest absolute Gasteiger partial charge is 0.467 e. The molecular formula is C17H15N3O5S. The molecule has 1 N–H and O–H groups in total. The van der Waals surface area contributed by atoms with Gasteiger partial charge in [-0.1, -0.05) is 11.8 Å². The molecule has 3 aromatic rings. The zero-order valence-corrected chi connectivity index (χ0v) is 14.6. The van der Waals surface area contributed by atoms with Crippen LogP contribution in [-0.4, -0.2) is 28.7 Å². The Morgan fingerprint density at radius 3 is 3.00 bits per heavy atom. The molecule has 1 aliphatic heterocycles. The Morgan fingerprint density at radius 2 is 2.15 bits per heavy atom. The number of thioether (sulfide) groups is 1. The van der Waals surface area contributed by atoms with E-state index in [4.69, 9.17) is 18.3 Å². The number of nitrogens with zero attached hydrogens (tertiary/aromatic N) is 2. The molecule has 1 aliphatic rings. The number of rotatable bonds is 6. The third-order valence-corrected chi connectivity index (χ3v) is 4.52. The number of ether oxygens (including phenoxy) is 2. The number of nitrogens with one attached hydrogen (secondary N) is 1. The van der Waals surface area contributed by atoms with E-state index in [1.807, 2.05) is 19.1 Å². The van der Waals surface area contributed by atoms with Gasteiger partial charge in [0.1, 0.15) is 5.76 Å². The van der Waals surface area contributed by atoms with Crippen molar-refractivity contribution < 1.29 is 23.1 Å². The van der Waals surface area contributed by atoms with Crippen LogP contribution in [0.3, 0.4) is 0 Å². The summed E-state index contributed by atoms with van der Waals surface area (Å²) in [5, 5.41) is 11.1. The molecular weight excluding hydrogens is 358 g/mol. The molecule has 3 heterocycles. The molecule has 1 aromatic carbocycles. The van der Waals surface area contributed by atoms with E-state index in [1.54, 1.807) is 24.5 Å². The fourth-order valence-corrected chi connectivity index (χ4v) is 3.01. The average Bonchev–Trinajstić information content (AvgIpc) is 3.40. The highest BCUT2D eigenvalue weighted by atomic mass is 32.2. The Morgan fingerprint density at radius 1 is 1.27 bits per heavy atom. The number of hydrogen-bond acceptors (Lipinski definition) is 8. The molecule has 0 saturated heterocycles. The highest BCUT2D eigenvalue weighted by Gasteiger charge is 2.18. The fourth-order valence-electron chi connectivity index (χ4n) is 2.43. The third-order valence-electron chi connectivity index (χ3n) is 3.70. The lowest BCUT2D eigenvalue weighted by molar-refractivity contribution is -0.119. The van der Waals surface area contributed by atoms with E-state index in [-0.39, 0.29) is 24.5 Å². The lowest BCUT2D eigenvalue weighted by atomic mass is 10.2. The number of furan rings is 1. The number of amides is 1. The van der Waals surface area contributed by atoms with Gasteiger partial charge in [0, 0.05) is 5.56 Å². The SMILES string of the molecule is C[C@@H](NC(=O)CSc1nnc(-c2ccc3c(c2)OCO3)o1)c1ccco1. The van der Waals surface area contributed by atoms with Crippen LogP contribution in [-0.2, 0) is 4.79 Å². The van der Waals surface area contributed by atoms with Gasteiger partial charge in [-0.05, 0) is 37.3 Å². The first-order valence-electron chi connectivity index (χ1n) is 7.88. The monoisotopic (exact) mass is 373 g/mol. The van der Waals surface area contributed by atoms with Crippen LogP contribution < -0.4 is 14.8 Å². The van der Waals surface area contributed by atoms with Crippen LogP contribution in [0.15, 0.2) is 50.7 Å². The predicted molar refractivity (Wildman–Crippen MR) is 91.8 cm³/mol. The minimum Gasteiger partial charge on any atom is -0.467 e. The Hall–Kier alpha value is -2.94. The van der Waals surface area contributed by atoms with Gasteiger partial charge in [0.15, 0.2) is 11.5 Å². The smallest absolute Gasteiger partial charge is 0.277 e. The summed E-state index contributed by atoms with van der Waals surface area (Å²) in [4.78, 5) is 12.0. The Labute approximate surface area is 152 Å². The summed E-state index contributed by atoms with van der Waals surface area (Å²) < 4.78 is 21.5. The van der Waals surface area contributed by atoms with Gasteiger partial charge in [0.05, 0.1) is 18.1 Å². The van der Waals surface area contributed by atoms with Crippen LogP contribution in [0.4, 0.5) is 0 Å². The molecule has 26 heavy (non-hydrogen) atoms. The topological polar surface area (TPSA) is 99.6 Å². The van der Waals surface area contributed by atoms with Crippen LogP contribution in [0.1, 0.15) is 18.7 Å². The van der Waals surface area contributed by atoms with Gasteiger partial charge in [-0.15, -0.1) is 10.2 Å². The van der Waals surface area contributed by atoms with E-state index in [0.717, 1.165) is 5.56 Å². The molecule has 4 rings (SSSR count). The maximum Gasteiger partial charge on any atom is 0.277 e. The maximum absolute atomic E-state index is 12.0. The number of fused-ring (bicyclic) bond motifs is 1. The summed E-state index contributed by atoms with van der Waals surface area (Å²) in [5.74, 6) is 2.39. The van der Waals surface area contributed by atoms with E-state index in [9.17, 15) is 4.79 Å². The van der Waals surface area contributed by atoms with E-state index >= 15 is 0 Å². The molecule has 1 amide bonds. The van der Waals surface area contributed by atoms with Crippen molar-refractivity contribution in [1.29, 1.82) is 0 Å². The highest BCUT2D eigenvalue weighted by Crippen LogP contribution is 2.36. The van der Waals surface area contributed by atoms with Gasteiger partial charge < -0.3 is 23.6 Å². The van der Waals surface area contributed by atoms with E-state index in [1.165, 1.54) is 11.8 Å². The molecule has 0 aliphatic carbocycles. The molecule has 9 heteroatoms. The molecule has 0 unspecified atom stereocenters. The minimum atomic E-state index is -0.204. The van der Waals surface area contributed by atoms with E-state index in [0.29, 0.717) is 28.4 Å². The van der Waals surface area contributed by atoms with Crippen molar-refractivity contribution >= 4 is 17.7 Å². The zero-order chi connectivity index (χ0) is 17.9. The molecule has 0 spiro atoms. The van der Waals surface area contributed by atoms with Gasteiger partial charge in [-0.2, -0.15) is 0 Å². The van der Waals surface area contributed by atoms with Gasteiger partial charge >= 0.3 is 0 Å². The number of carbonyl (C=O) groups excluding carboxylic acids is 1. The summed E-state index contributed by atoms with van der Waals surface area (Å²) >= 11 is 1.17. The van der Waals surface area contributed by atoms with Gasteiger partial charge in [-0.3, -0.25) is 4.79 Å². The van der Waals surface area contributed by atoms with Gasteiger partial charge in [0.2, 0.25) is 18.6 Å². The second kappa shape index (κ2) is 7.12. The summed E-state index contributed by atoms with van der Waals surface area (Å²) in [6.07, 6.45) is 1.57. The fraction of sp³-hybridized carbons (Fsp3) is 0.235.